The van der Waals surface area contributed by atoms with Gasteiger partial charge in [-0.2, -0.15) is 0 Å². The van der Waals surface area contributed by atoms with Gasteiger partial charge in [0, 0.05) is 6.04 Å². The lowest BCUT2D eigenvalue weighted by Gasteiger charge is -2.15. The molecule has 0 aliphatic heterocycles. The Morgan fingerprint density at radius 1 is 1.18 bits per heavy atom. The van der Waals surface area contributed by atoms with Crippen LogP contribution in [0.1, 0.15) is 50.1 Å². The van der Waals surface area contributed by atoms with Gasteiger partial charge < -0.3 is 5.73 Å². The molecule has 1 aromatic rings. The molecule has 1 nitrogen and oxygen atoms in total. The van der Waals surface area contributed by atoms with Crippen molar-refractivity contribution in [1.29, 1.82) is 0 Å². The van der Waals surface area contributed by atoms with E-state index in [1.54, 1.807) is 6.07 Å². The van der Waals surface area contributed by atoms with Crippen LogP contribution in [0, 0.1) is 17.6 Å². The Hall–Kier alpha value is -0.960. The normalized spacial score (nSPS) is 18.5. The number of rotatable bonds is 4. The average molecular weight is 239 g/mol. The molecule has 0 amide bonds. The highest BCUT2D eigenvalue weighted by atomic mass is 19.2. The van der Waals surface area contributed by atoms with Crippen LogP contribution >= 0.6 is 0 Å². The summed E-state index contributed by atoms with van der Waals surface area (Å²) in [6.45, 7) is 0. The van der Waals surface area contributed by atoms with Gasteiger partial charge in [0.05, 0.1) is 0 Å². The van der Waals surface area contributed by atoms with Gasteiger partial charge in [0.25, 0.3) is 0 Å². The lowest BCUT2D eigenvalue weighted by Crippen LogP contribution is -2.12. The molecular weight excluding hydrogens is 220 g/mol. The van der Waals surface area contributed by atoms with Gasteiger partial charge in [-0.1, -0.05) is 31.7 Å². The lowest BCUT2D eigenvalue weighted by molar-refractivity contribution is 0.451. The summed E-state index contributed by atoms with van der Waals surface area (Å²) in [6, 6.07) is 3.78. The van der Waals surface area contributed by atoms with Crippen molar-refractivity contribution in [1.82, 2.24) is 0 Å². The Kier molecular flexibility index (Phi) is 4.11. The van der Waals surface area contributed by atoms with Gasteiger partial charge in [-0.15, -0.1) is 0 Å². The van der Waals surface area contributed by atoms with E-state index in [9.17, 15) is 8.78 Å². The summed E-state index contributed by atoms with van der Waals surface area (Å²) < 4.78 is 25.8. The van der Waals surface area contributed by atoms with Crippen molar-refractivity contribution in [3.63, 3.8) is 0 Å². The first kappa shape index (κ1) is 12.5. The third kappa shape index (κ3) is 3.25. The van der Waals surface area contributed by atoms with Gasteiger partial charge in [-0.3, -0.25) is 0 Å². The van der Waals surface area contributed by atoms with Crippen LogP contribution in [0.2, 0.25) is 0 Å². The fourth-order valence-electron chi connectivity index (χ4n) is 2.62. The van der Waals surface area contributed by atoms with E-state index >= 15 is 0 Å². The highest BCUT2D eigenvalue weighted by molar-refractivity contribution is 5.20. The van der Waals surface area contributed by atoms with Gasteiger partial charge in [-0.25, -0.2) is 8.78 Å². The molecule has 2 rings (SSSR count). The van der Waals surface area contributed by atoms with Crippen LogP contribution in [0.5, 0.6) is 0 Å². The number of halogens is 2. The molecule has 2 N–H and O–H groups in total. The number of nitrogens with two attached hydrogens (primary N) is 1. The first-order valence-corrected chi connectivity index (χ1v) is 6.37. The predicted molar refractivity (Wildman–Crippen MR) is 64.5 cm³/mol. The Morgan fingerprint density at radius 3 is 2.53 bits per heavy atom. The zero-order valence-electron chi connectivity index (χ0n) is 9.96. The fraction of sp³-hybridized carbons (Fsp3) is 0.571. The molecule has 0 heterocycles. The summed E-state index contributed by atoms with van der Waals surface area (Å²) in [5.74, 6) is -0.832. The minimum absolute atomic E-state index is 0.175. The second-order valence-electron chi connectivity index (χ2n) is 5.01. The summed E-state index contributed by atoms with van der Waals surface area (Å²) in [7, 11) is 0. The van der Waals surface area contributed by atoms with Crippen LogP contribution in [-0.2, 0) is 0 Å². The van der Waals surface area contributed by atoms with E-state index in [0.717, 1.165) is 24.8 Å². The molecule has 0 radical (unpaired) electrons. The molecule has 3 heteroatoms. The Labute approximate surface area is 101 Å². The van der Waals surface area contributed by atoms with Crippen LogP contribution in [-0.4, -0.2) is 0 Å². The van der Waals surface area contributed by atoms with Crippen molar-refractivity contribution < 1.29 is 8.78 Å². The smallest absolute Gasteiger partial charge is 0.159 e. The molecule has 1 saturated carbocycles. The van der Waals surface area contributed by atoms with Crippen molar-refractivity contribution >= 4 is 0 Å². The van der Waals surface area contributed by atoms with Gasteiger partial charge in [0.2, 0.25) is 0 Å². The highest BCUT2D eigenvalue weighted by Gasteiger charge is 2.17. The van der Waals surface area contributed by atoms with E-state index in [1.165, 1.54) is 31.7 Å². The Balaban J connectivity index is 1.89. The third-order valence-electron chi connectivity index (χ3n) is 3.73. The maximum absolute atomic E-state index is 13.1. The second kappa shape index (κ2) is 5.58. The lowest BCUT2D eigenvalue weighted by atomic mass is 9.95. The first-order valence-electron chi connectivity index (χ1n) is 6.37. The average Bonchev–Trinajstić information content (AvgIpc) is 2.82. The summed E-state index contributed by atoms with van der Waals surface area (Å²) in [4.78, 5) is 0. The maximum atomic E-state index is 13.1. The molecular formula is C14H19F2N. The maximum Gasteiger partial charge on any atom is 0.159 e. The molecule has 94 valence electrons. The monoisotopic (exact) mass is 239 g/mol. The molecule has 1 aliphatic carbocycles. The molecule has 0 aromatic heterocycles. The van der Waals surface area contributed by atoms with E-state index in [4.69, 9.17) is 5.73 Å². The van der Waals surface area contributed by atoms with E-state index in [0.29, 0.717) is 5.56 Å². The molecule has 1 fully saturated rings. The van der Waals surface area contributed by atoms with E-state index in [1.807, 2.05) is 0 Å². The van der Waals surface area contributed by atoms with E-state index in [2.05, 4.69) is 0 Å². The minimum Gasteiger partial charge on any atom is -0.324 e. The van der Waals surface area contributed by atoms with E-state index in [-0.39, 0.29) is 6.04 Å². The number of benzene rings is 1. The van der Waals surface area contributed by atoms with Crippen molar-refractivity contribution in [3.8, 4) is 0 Å². The van der Waals surface area contributed by atoms with Crippen LogP contribution in [0.25, 0.3) is 0 Å². The van der Waals surface area contributed by atoms with Crippen molar-refractivity contribution in [2.75, 3.05) is 0 Å². The SMILES string of the molecule is NC(CCC1CCCC1)c1ccc(F)c(F)c1. The first-order chi connectivity index (χ1) is 8.16. The number of hydrogen-bond donors (Lipinski definition) is 1. The molecule has 0 bridgehead atoms. The summed E-state index contributed by atoms with van der Waals surface area (Å²) in [6.07, 6.45) is 7.20. The summed E-state index contributed by atoms with van der Waals surface area (Å²) in [5, 5.41) is 0. The Morgan fingerprint density at radius 2 is 1.88 bits per heavy atom. The van der Waals surface area contributed by atoms with Crippen LogP contribution in [0.3, 0.4) is 0 Å². The highest BCUT2D eigenvalue weighted by Crippen LogP contribution is 2.30. The zero-order valence-corrected chi connectivity index (χ0v) is 9.96. The van der Waals surface area contributed by atoms with Crippen LogP contribution in [0.4, 0.5) is 8.78 Å². The fourth-order valence-corrected chi connectivity index (χ4v) is 2.62. The molecule has 1 atom stereocenters. The molecule has 1 unspecified atom stereocenters. The van der Waals surface area contributed by atoms with Crippen LogP contribution in [0.15, 0.2) is 18.2 Å². The second-order valence-corrected chi connectivity index (χ2v) is 5.01. The van der Waals surface area contributed by atoms with E-state index < -0.39 is 11.6 Å². The van der Waals surface area contributed by atoms with Gasteiger partial charge in [0.1, 0.15) is 0 Å². The van der Waals surface area contributed by atoms with Crippen molar-refractivity contribution in [2.45, 2.75) is 44.6 Å². The Bertz CT molecular complexity index is 372. The molecule has 1 aliphatic rings. The van der Waals surface area contributed by atoms with Crippen molar-refractivity contribution in [2.24, 2.45) is 11.7 Å². The van der Waals surface area contributed by atoms with Gasteiger partial charge >= 0.3 is 0 Å². The minimum atomic E-state index is -0.809. The molecule has 0 spiro atoms. The summed E-state index contributed by atoms with van der Waals surface area (Å²) in [5.41, 5.74) is 6.70. The third-order valence-corrected chi connectivity index (χ3v) is 3.73. The van der Waals surface area contributed by atoms with Crippen molar-refractivity contribution in [3.05, 3.63) is 35.4 Å². The summed E-state index contributed by atoms with van der Waals surface area (Å²) >= 11 is 0. The largest absolute Gasteiger partial charge is 0.324 e. The van der Waals surface area contributed by atoms with Gasteiger partial charge in [-0.05, 0) is 36.5 Å². The van der Waals surface area contributed by atoms with Gasteiger partial charge in [0.15, 0.2) is 11.6 Å². The molecule has 1 aromatic carbocycles. The standard InChI is InChI=1S/C14H19F2N/c15-12-7-6-11(9-13(12)16)14(17)8-5-10-3-1-2-4-10/h6-7,9-10,14H,1-5,8,17H2. The molecule has 17 heavy (non-hydrogen) atoms. The van der Waals surface area contributed by atoms with Crippen LogP contribution < -0.4 is 5.73 Å². The number of hydrogen-bond acceptors (Lipinski definition) is 1. The zero-order chi connectivity index (χ0) is 12.3. The molecule has 0 saturated heterocycles. The quantitative estimate of drug-likeness (QED) is 0.846. The predicted octanol–water partition coefficient (Wildman–Crippen LogP) is 3.94. The topological polar surface area (TPSA) is 26.0 Å².